The Hall–Kier alpha value is -1.36. The lowest BCUT2D eigenvalue weighted by Gasteiger charge is -2.03. The number of rotatable bonds is 4. The molecule has 0 radical (unpaired) electrons. The summed E-state index contributed by atoms with van der Waals surface area (Å²) in [5, 5.41) is 5.14. The summed E-state index contributed by atoms with van der Waals surface area (Å²) in [4.78, 5) is 15.8. The summed E-state index contributed by atoms with van der Waals surface area (Å²) in [6, 6.07) is 7.47. The van der Waals surface area contributed by atoms with Crippen LogP contribution in [0, 0.1) is 0 Å². The molecule has 0 atom stereocenters. The Labute approximate surface area is 124 Å². The molecule has 0 saturated heterocycles. The fourth-order valence-electron chi connectivity index (χ4n) is 1.55. The molecule has 0 unspecified atom stereocenters. The molecule has 0 bridgehead atoms. The zero-order valence-electron chi connectivity index (χ0n) is 9.77. The van der Waals surface area contributed by atoms with Crippen LogP contribution in [-0.4, -0.2) is 10.9 Å². The monoisotopic (exact) mass is 312 g/mol. The van der Waals surface area contributed by atoms with Gasteiger partial charge in [-0.05, 0) is 17.2 Å². The van der Waals surface area contributed by atoms with Crippen molar-refractivity contribution in [3.8, 4) is 0 Å². The third-order valence-electron chi connectivity index (χ3n) is 2.27. The van der Waals surface area contributed by atoms with E-state index in [0.717, 1.165) is 11.1 Å². The summed E-state index contributed by atoms with van der Waals surface area (Å²) in [5.74, 6) is -0.104. The van der Waals surface area contributed by atoms with Crippen LogP contribution in [0.1, 0.15) is 11.1 Å². The SMILES string of the molecule is O=C(Cc1cccc(C=C(Cl)Cl)c1)Nc1nccs1. The van der Waals surface area contributed by atoms with Gasteiger partial charge in [0.05, 0.1) is 6.42 Å². The predicted octanol–water partition coefficient (Wildman–Crippen LogP) is 4.10. The highest BCUT2D eigenvalue weighted by Crippen LogP contribution is 2.16. The number of carbonyl (C=O) groups is 1. The Morgan fingerprint density at radius 1 is 1.42 bits per heavy atom. The molecule has 6 heteroatoms. The number of hydrogen-bond donors (Lipinski definition) is 1. The number of aromatic nitrogens is 1. The minimum Gasteiger partial charge on any atom is -0.302 e. The van der Waals surface area contributed by atoms with E-state index in [1.165, 1.54) is 11.3 Å². The summed E-state index contributed by atoms with van der Waals surface area (Å²) in [5.41, 5.74) is 1.75. The first-order chi connectivity index (χ1) is 9.13. The molecule has 19 heavy (non-hydrogen) atoms. The standard InChI is InChI=1S/C13H10Cl2N2OS/c14-11(15)7-9-2-1-3-10(6-9)8-12(18)17-13-16-4-5-19-13/h1-7H,8H2,(H,16,17,18). The molecule has 0 spiro atoms. The van der Waals surface area contributed by atoms with Crippen LogP contribution < -0.4 is 5.32 Å². The predicted molar refractivity (Wildman–Crippen MR) is 80.6 cm³/mol. The number of hydrogen-bond acceptors (Lipinski definition) is 3. The molecule has 0 aliphatic rings. The maximum absolute atomic E-state index is 11.8. The molecule has 2 rings (SSSR count). The van der Waals surface area contributed by atoms with E-state index in [2.05, 4.69) is 10.3 Å². The number of benzene rings is 1. The van der Waals surface area contributed by atoms with Gasteiger partial charge < -0.3 is 5.32 Å². The molecule has 2 aromatic rings. The van der Waals surface area contributed by atoms with Crippen LogP contribution in [0.4, 0.5) is 5.13 Å². The molecule has 1 amide bonds. The smallest absolute Gasteiger partial charge is 0.230 e. The molecular formula is C13H10Cl2N2OS. The van der Waals surface area contributed by atoms with Crippen molar-refractivity contribution in [3.05, 3.63) is 51.5 Å². The highest BCUT2D eigenvalue weighted by molar-refractivity contribution is 7.13. The van der Waals surface area contributed by atoms with Crippen molar-refractivity contribution in [2.75, 3.05) is 5.32 Å². The van der Waals surface area contributed by atoms with Gasteiger partial charge in [0.2, 0.25) is 5.91 Å². The van der Waals surface area contributed by atoms with Crippen LogP contribution >= 0.6 is 34.5 Å². The van der Waals surface area contributed by atoms with Gasteiger partial charge in [0.1, 0.15) is 4.49 Å². The molecule has 1 heterocycles. The van der Waals surface area contributed by atoms with Crippen LogP contribution in [-0.2, 0) is 11.2 Å². The van der Waals surface area contributed by atoms with E-state index in [9.17, 15) is 4.79 Å². The van der Waals surface area contributed by atoms with Crippen molar-refractivity contribution < 1.29 is 4.79 Å². The van der Waals surface area contributed by atoms with E-state index in [4.69, 9.17) is 23.2 Å². The van der Waals surface area contributed by atoms with Gasteiger partial charge in [-0.1, -0.05) is 47.5 Å². The molecule has 98 valence electrons. The third-order valence-corrected chi connectivity index (χ3v) is 3.18. The van der Waals surface area contributed by atoms with Crippen molar-refractivity contribution in [2.24, 2.45) is 0 Å². The van der Waals surface area contributed by atoms with Gasteiger partial charge in [0, 0.05) is 11.6 Å². The number of halogens is 2. The summed E-state index contributed by atoms with van der Waals surface area (Å²) >= 11 is 12.6. The second-order valence-corrected chi connectivity index (χ2v) is 5.64. The lowest BCUT2D eigenvalue weighted by Crippen LogP contribution is -2.14. The van der Waals surface area contributed by atoms with Gasteiger partial charge in [-0.25, -0.2) is 4.98 Å². The fourth-order valence-corrected chi connectivity index (χ4v) is 2.35. The van der Waals surface area contributed by atoms with Gasteiger partial charge in [-0.3, -0.25) is 4.79 Å². The minimum absolute atomic E-state index is 0.104. The minimum atomic E-state index is -0.104. The molecule has 1 N–H and O–H groups in total. The normalized spacial score (nSPS) is 10.0. The Balaban J connectivity index is 2.02. The van der Waals surface area contributed by atoms with E-state index in [0.29, 0.717) is 5.13 Å². The Kier molecular flexibility index (Phi) is 4.96. The topological polar surface area (TPSA) is 42.0 Å². The van der Waals surface area contributed by atoms with Crippen molar-refractivity contribution in [2.45, 2.75) is 6.42 Å². The van der Waals surface area contributed by atoms with Crippen LogP contribution in [0.2, 0.25) is 0 Å². The maximum Gasteiger partial charge on any atom is 0.230 e. The van der Waals surface area contributed by atoms with Crippen LogP contribution in [0.5, 0.6) is 0 Å². The molecule has 0 fully saturated rings. The van der Waals surface area contributed by atoms with E-state index < -0.39 is 0 Å². The van der Waals surface area contributed by atoms with Crippen LogP contribution in [0.25, 0.3) is 6.08 Å². The first-order valence-corrected chi connectivity index (χ1v) is 7.08. The van der Waals surface area contributed by atoms with Gasteiger partial charge in [-0.15, -0.1) is 11.3 Å². The maximum atomic E-state index is 11.8. The van der Waals surface area contributed by atoms with E-state index in [-0.39, 0.29) is 16.8 Å². The Morgan fingerprint density at radius 3 is 2.95 bits per heavy atom. The Bertz CT molecular complexity index is 592. The van der Waals surface area contributed by atoms with E-state index in [1.54, 1.807) is 12.3 Å². The Morgan fingerprint density at radius 2 is 2.26 bits per heavy atom. The van der Waals surface area contributed by atoms with Crippen molar-refractivity contribution in [3.63, 3.8) is 0 Å². The van der Waals surface area contributed by atoms with Crippen LogP contribution in [0.15, 0.2) is 40.3 Å². The van der Waals surface area contributed by atoms with Gasteiger partial charge in [0.25, 0.3) is 0 Å². The van der Waals surface area contributed by atoms with Gasteiger partial charge in [-0.2, -0.15) is 0 Å². The first-order valence-electron chi connectivity index (χ1n) is 5.44. The average Bonchev–Trinajstić information content (AvgIpc) is 2.81. The van der Waals surface area contributed by atoms with Gasteiger partial charge >= 0.3 is 0 Å². The molecule has 0 saturated carbocycles. The van der Waals surface area contributed by atoms with Crippen molar-refractivity contribution in [1.82, 2.24) is 4.98 Å². The second kappa shape index (κ2) is 6.70. The number of carbonyl (C=O) groups excluding carboxylic acids is 1. The largest absolute Gasteiger partial charge is 0.302 e. The summed E-state index contributed by atoms with van der Waals surface area (Å²) < 4.78 is 0.185. The molecule has 3 nitrogen and oxygen atoms in total. The van der Waals surface area contributed by atoms with E-state index in [1.807, 2.05) is 29.6 Å². The fraction of sp³-hybridized carbons (Fsp3) is 0.0769. The van der Waals surface area contributed by atoms with Gasteiger partial charge in [0.15, 0.2) is 5.13 Å². The summed E-state index contributed by atoms with van der Waals surface area (Å²) in [6.45, 7) is 0. The molecule has 0 aliphatic heterocycles. The third kappa shape index (κ3) is 4.67. The molecule has 1 aromatic carbocycles. The highest BCUT2D eigenvalue weighted by atomic mass is 35.5. The lowest BCUT2D eigenvalue weighted by atomic mass is 10.1. The zero-order valence-corrected chi connectivity index (χ0v) is 12.1. The number of anilines is 1. The van der Waals surface area contributed by atoms with Crippen molar-refractivity contribution >= 4 is 51.7 Å². The number of amides is 1. The number of nitrogens with zero attached hydrogens (tertiary/aromatic N) is 1. The number of thiazole rings is 1. The summed E-state index contributed by atoms with van der Waals surface area (Å²) in [6.07, 6.45) is 3.56. The van der Waals surface area contributed by atoms with E-state index >= 15 is 0 Å². The molecular weight excluding hydrogens is 303 g/mol. The summed E-state index contributed by atoms with van der Waals surface area (Å²) in [7, 11) is 0. The zero-order chi connectivity index (χ0) is 13.7. The van der Waals surface area contributed by atoms with Crippen LogP contribution in [0.3, 0.4) is 0 Å². The lowest BCUT2D eigenvalue weighted by molar-refractivity contribution is -0.115. The van der Waals surface area contributed by atoms with Crippen molar-refractivity contribution in [1.29, 1.82) is 0 Å². The second-order valence-electron chi connectivity index (χ2n) is 3.74. The molecule has 1 aromatic heterocycles. The molecule has 0 aliphatic carbocycles. The average molecular weight is 313 g/mol. The quantitative estimate of drug-likeness (QED) is 0.923. The number of nitrogens with one attached hydrogen (secondary N) is 1. The first kappa shape index (κ1) is 14.1. The highest BCUT2D eigenvalue weighted by Gasteiger charge is 2.05.